The van der Waals surface area contributed by atoms with Crippen molar-refractivity contribution in [1.29, 1.82) is 0 Å². The van der Waals surface area contributed by atoms with Gasteiger partial charge in [0.15, 0.2) is 16.6 Å². The molecular weight excluding hydrogens is 821 g/mol. The van der Waals surface area contributed by atoms with Gasteiger partial charge in [0, 0.05) is 25.9 Å². The molecule has 334 valence electrons. The number of hydrogen-bond acceptors (Lipinski definition) is 8. The normalized spacial score (nSPS) is 28.2. The van der Waals surface area contributed by atoms with Crippen molar-refractivity contribution < 1.29 is 27.5 Å². The van der Waals surface area contributed by atoms with Crippen LogP contribution >= 0.6 is 23.5 Å². The van der Waals surface area contributed by atoms with E-state index < -0.39 is 30.6 Å². The van der Waals surface area contributed by atoms with Crippen molar-refractivity contribution in [2.45, 2.75) is 203 Å². The standard InChI is InChI=1S/C48H82O6S2Si3/c1-17-55-48(56-18-2)34-40-39(52-43(48)35-50-57(13,14)44(3,4)5)33-41-47(12,53-40)42(54-58(15,16)45(6,7)8)32-36(51-41)26-25-31-49-59(46(9,10)11,37-27-21-19-22-28-37)38-29-23-20-24-30-38/h19-24,27-30,36,39-43H,17-18,25-26,31-35H2,1-16H3/t36-,39+,40-,41-,42+,43-,47-/m1/s1. The van der Waals surface area contributed by atoms with E-state index in [1.54, 1.807) is 0 Å². The van der Waals surface area contributed by atoms with Gasteiger partial charge in [0.05, 0.1) is 41.2 Å². The number of thioether (sulfide) groups is 2. The Kier molecular flexibility index (Phi) is 15.9. The van der Waals surface area contributed by atoms with Crippen LogP contribution in [-0.4, -0.2) is 96.0 Å². The van der Waals surface area contributed by atoms with Crippen LogP contribution in [-0.2, 0) is 27.5 Å². The Bertz CT molecular complexity index is 1580. The first-order valence-electron chi connectivity index (χ1n) is 22.7. The minimum absolute atomic E-state index is 0.0296. The molecule has 7 atom stereocenters. The van der Waals surface area contributed by atoms with Crippen LogP contribution < -0.4 is 10.4 Å². The summed E-state index contributed by atoms with van der Waals surface area (Å²) in [4.78, 5) is 0. The van der Waals surface area contributed by atoms with E-state index in [1.807, 2.05) is 23.5 Å². The smallest absolute Gasteiger partial charge is 0.261 e. The van der Waals surface area contributed by atoms with Crippen molar-refractivity contribution in [1.82, 2.24) is 0 Å². The first kappa shape index (κ1) is 49.6. The van der Waals surface area contributed by atoms with Crippen LogP contribution in [0.25, 0.3) is 0 Å². The van der Waals surface area contributed by atoms with Crippen molar-refractivity contribution in [3.05, 3.63) is 60.7 Å². The lowest BCUT2D eigenvalue weighted by atomic mass is 9.77. The third-order valence-corrected chi connectivity index (χ3v) is 31.7. The highest BCUT2D eigenvalue weighted by Crippen LogP contribution is 2.55. The van der Waals surface area contributed by atoms with Crippen molar-refractivity contribution in [2.24, 2.45) is 0 Å². The Morgan fingerprint density at radius 3 is 1.73 bits per heavy atom. The van der Waals surface area contributed by atoms with Crippen LogP contribution in [0.3, 0.4) is 0 Å². The summed E-state index contributed by atoms with van der Waals surface area (Å²) in [6, 6.07) is 22.0. The fraction of sp³-hybridized carbons (Fsp3) is 0.750. The van der Waals surface area contributed by atoms with Gasteiger partial charge < -0.3 is 27.5 Å². The lowest BCUT2D eigenvalue weighted by Crippen LogP contribution is -2.70. The van der Waals surface area contributed by atoms with Gasteiger partial charge in [-0.2, -0.15) is 0 Å². The second-order valence-corrected chi connectivity index (χ2v) is 39.0. The van der Waals surface area contributed by atoms with Crippen LogP contribution in [0.4, 0.5) is 0 Å². The van der Waals surface area contributed by atoms with Crippen LogP contribution in [0.2, 0.25) is 41.3 Å². The summed E-state index contributed by atoms with van der Waals surface area (Å²) in [5.74, 6) is 2.04. The van der Waals surface area contributed by atoms with Crippen molar-refractivity contribution in [3.8, 4) is 0 Å². The fourth-order valence-electron chi connectivity index (χ4n) is 9.03. The highest BCUT2D eigenvalue weighted by molar-refractivity contribution is 8.18. The van der Waals surface area contributed by atoms with Gasteiger partial charge in [-0.1, -0.05) is 137 Å². The van der Waals surface area contributed by atoms with Gasteiger partial charge in [-0.05, 0) is 82.9 Å². The monoisotopic (exact) mass is 902 g/mol. The third kappa shape index (κ3) is 10.6. The van der Waals surface area contributed by atoms with E-state index >= 15 is 0 Å². The van der Waals surface area contributed by atoms with Gasteiger partial charge >= 0.3 is 0 Å². The molecule has 0 aromatic heterocycles. The Morgan fingerprint density at radius 2 is 1.24 bits per heavy atom. The van der Waals surface area contributed by atoms with Gasteiger partial charge in [0.2, 0.25) is 0 Å². The Hall–Kier alpha value is -0.449. The molecule has 0 N–H and O–H groups in total. The van der Waals surface area contributed by atoms with Gasteiger partial charge in [-0.3, -0.25) is 0 Å². The summed E-state index contributed by atoms with van der Waals surface area (Å²) in [5, 5.41) is 2.78. The fourth-order valence-corrected chi connectivity index (χ4v) is 19.2. The van der Waals surface area contributed by atoms with Gasteiger partial charge in [-0.15, -0.1) is 23.5 Å². The number of benzene rings is 2. The van der Waals surface area contributed by atoms with E-state index in [9.17, 15) is 0 Å². The van der Waals surface area contributed by atoms with Gasteiger partial charge in [0.25, 0.3) is 8.32 Å². The van der Waals surface area contributed by atoms with E-state index in [4.69, 9.17) is 27.5 Å². The summed E-state index contributed by atoms with van der Waals surface area (Å²) in [6.45, 7) is 38.7. The van der Waals surface area contributed by atoms with Crippen LogP contribution in [0.15, 0.2) is 60.7 Å². The number of rotatable bonds is 16. The predicted octanol–water partition coefficient (Wildman–Crippen LogP) is 11.8. The predicted molar refractivity (Wildman–Crippen MR) is 261 cm³/mol. The molecule has 0 saturated carbocycles. The first-order valence-corrected chi connectivity index (χ1v) is 32.4. The molecule has 3 aliphatic rings. The van der Waals surface area contributed by atoms with E-state index in [2.05, 4.69) is 170 Å². The molecule has 11 heteroatoms. The maximum absolute atomic E-state index is 7.47. The Balaban J connectivity index is 1.40. The molecule has 3 saturated heterocycles. The Labute approximate surface area is 372 Å². The largest absolute Gasteiger partial charge is 0.414 e. The molecule has 59 heavy (non-hydrogen) atoms. The zero-order chi connectivity index (χ0) is 43.7. The number of ether oxygens (including phenoxy) is 3. The highest BCUT2D eigenvalue weighted by Gasteiger charge is 2.61. The molecule has 6 nitrogen and oxygen atoms in total. The highest BCUT2D eigenvalue weighted by atomic mass is 32.2. The molecule has 0 aliphatic carbocycles. The van der Waals surface area contributed by atoms with Gasteiger partial charge in [-0.25, -0.2) is 0 Å². The molecule has 2 aromatic carbocycles. The molecule has 0 spiro atoms. The van der Waals surface area contributed by atoms with Crippen LogP contribution in [0.1, 0.15) is 115 Å². The third-order valence-electron chi connectivity index (χ3n) is 14.5. The maximum Gasteiger partial charge on any atom is 0.261 e. The summed E-state index contributed by atoms with van der Waals surface area (Å²) < 4.78 is 43.6. The topological polar surface area (TPSA) is 55.4 Å². The summed E-state index contributed by atoms with van der Waals surface area (Å²) in [5.41, 5.74) is -0.577. The first-order chi connectivity index (χ1) is 27.4. The lowest BCUT2D eigenvalue weighted by molar-refractivity contribution is -0.315. The summed E-state index contributed by atoms with van der Waals surface area (Å²) in [6.07, 6.45) is 4.06. The summed E-state index contributed by atoms with van der Waals surface area (Å²) in [7, 11) is -6.78. The molecule has 2 aromatic rings. The molecule has 0 bridgehead atoms. The summed E-state index contributed by atoms with van der Waals surface area (Å²) >= 11 is 4.06. The molecule has 0 amide bonds. The van der Waals surface area contributed by atoms with Crippen molar-refractivity contribution >= 4 is 58.8 Å². The zero-order valence-corrected chi connectivity index (χ0v) is 44.5. The zero-order valence-electron chi connectivity index (χ0n) is 39.9. The van der Waals surface area contributed by atoms with Crippen LogP contribution in [0, 0.1) is 0 Å². The minimum atomic E-state index is -2.63. The molecule has 5 rings (SSSR count). The Morgan fingerprint density at radius 1 is 0.695 bits per heavy atom. The van der Waals surface area contributed by atoms with Crippen molar-refractivity contribution in [3.63, 3.8) is 0 Å². The maximum atomic E-state index is 7.47. The van der Waals surface area contributed by atoms with Crippen LogP contribution in [0.5, 0.6) is 0 Å². The van der Waals surface area contributed by atoms with E-state index in [0.717, 1.165) is 43.6 Å². The van der Waals surface area contributed by atoms with Gasteiger partial charge in [0.1, 0.15) is 11.7 Å². The molecular formula is C48H82O6S2Si3. The molecule has 3 fully saturated rings. The second-order valence-electron chi connectivity index (χ2n) is 21.7. The van der Waals surface area contributed by atoms with Crippen molar-refractivity contribution in [2.75, 3.05) is 24.7 Å². The molecule has 3 heterocycles. The quantitative estimate of drug-likeness (QED) is 0.0938. The molecule has 0 radical (unpaired) electrons. The average molecular weight is 904 g/mol. The molecule has 0 unspecified atom stereocenters. The lowest BCUT2D eigenvalue weighted by Gasteiger charge is -2.60. The minimum Gasteiger partial charge on any atom is -0.414 e. The van der Waals surface area contributed by atoms with E-state index in [1.165, 1.54) is 10.4 Å². The number of fused-ring (bicyclic) bond motifs is 2. The SMILES string of the molecule is CCSC1(SCC)C[C@H]2O[C@@]3(C)[C@@H](O[Si](C)(C)C(C)(C)C)C[C@@H](CCCO[Si](c4ccccc4)(c4ccccc4)C(C)(C)C)O[C@@H]3C[C@@H]2O[C@@H]1CO[Si](C)(C)C(C)(C)C. The van der Waals surface area contributed by atoms with E-state index in [0.29, 0.717) is 13.2 Å². The molecule has 3 aliphatic heterocycles. The average Bonchev–Trinajstić information content (AvgIpc) is 3.13. The number of hydrogen-bond donors (Lipinski definition) is 0. The second kappa shape index (κ2) is 18.9. The van der Waals surface area contributed by atoms with E-state index in [-0.39, 0.29) is 55.8 Å².